The fourth-order valence-electron chi connectivity index (χ4n) is 1.93. The molecule has 0 saturated carbocycles. The van der Waals surface area contributed by atoms with Gasteiger partial charge >= 0.3 is 5.97 Å². The van der Waals surface area contributed by atoms with Gasteiger partial charge in [-0.25, -0.2) is 0 Å². The zero-order chi connectivity index (χ0) is 20.4. The second-order valence-corrected chi connectivity index (χ2v) is 7.51. The van der Waals surface area contributed by atoms with Crippen molar-refractivity contribution in [3.05, 3.63) is 47.0 Å². The number of carbonyl (C=O) groups is 1. The number of nitrogens with zero attached hydrogens (tertiary/aromatic N) is 2. The lowest BCUT2D eigenvalue weighted by molar-refractivity contribution is -0.155. The average Bonchev–Trinajstić information content (AvgIpc) is 2.60. The molecule has 27 heavy (non-hydrogen) atoms. The molecule has 0 aliphatic heterocycles. The minimum absolute atomic E-state index is 0.117. The summed E-state index contributed by atoms with van der Waals surface area (Å²) < 4.78 is 16.1. The molecule has 0 unspecified atom stereocenters. The summed E-state index contributed by atoms with van der Waals surface area (Å²) >= 11 is 3.26. The van der Waals surface area contributed by atoms with Crippen LogP contribution in [-0.4, -0.2) is 35.8 Å². The van der Waals surface area contributed by atoms with Crippen molar-refractivity contribution in [2.45, 2.75) is 38.8 Å². The highest BCUT2D eigenvalue weighted by Gasteiger charge is 2.19. The topological polar surface area (TPSA) is 96.6 Å². The Morgan fingerprint density at radius 3 is 2.11 bits per heavy atom. The molecular weight excluding hydrogens is 414 g/mol. The monoisotopic (exact) mass is 439 g/mol. The molecule has 2 aromatic rings. The summed E-state index contributed by atoms with van der Waals surface area (Å²) in [5.41, 5.74) is 6.20. The molecule has 2 rings (SSSR count). The highest BCUT2D eigenvalue weighted by atomic mass is 79.9. The fraction of sp³-hybridized carbons (Fsp3) is 0.421. The zero-order valence-electron chi connectivity index (χ0n) is 16.2. The van der Waals surface area contributed by atoms with Crippen molar-refractivity contribution in [1.82, 2.24) is 9.97 Å². The van der Waals surface area contributed by atoms with Crippen molar-refractivity contribution in [3.8, 4) is 11.5 Å². The van der Waals surface area contributed by atoms with Crippen molar-refractivity contribution >= 4 is 21.9 Å². The van der Waals surface area contributed by atoms with E-state index < -0.39 is 11.6 Å². The largest absolute Gasteiger partial charge is 0.495 e. The van der Waals surface area contributed by atoms with Crippen LogP contribution in [0.25, 0.3) is 0 Å². The number of esters is 1. The number of hydrogen-bond donors (Lipinski definition) is 1. The van der Waals surface area contributed by atoms with E-state index in [9.17, 15) is 4.79 Å². The Morgan fingerprint density at radius 2 is 1.63 bits per heavy atom. The lowest BCUT2D eigenvalue weighted by Gasteiger charge is -2.21. The quantitative estimate of drug-likeness (QED) is 0.709. The Balaban J connectivity index is 0.000000337. The number of nitrogens with two attached hydrogens (primary N) is 1. The standard InChI is InChI=1S/C13H20N2O3.C6H6BrNO/c1-13(2,3)18-12(16)6-11(14)9-5-10(17-4)8-15-7-9;1-9-6-2-5(7)3-8-4-6/h5,7-8,11H,6,14H2,1-4H3;2-4H,1H3/t11-;/m0./s1. The van der Waals surface area contributed by atoms with Crippen LogP contribution >= 0.6 is 15.9 Å². The molecule has 0 radical (unpaired) electrons. The van der Waals surface area contributed by atoms with Gasteiger partial charge in [0.25, 0.3) is 0 Å². The molecule has 2 N–H and O–H groups in total. The van der Waals surface area contributed by atoms with E-state index in [0.29, 0.717) is 5.75 Å². The number of aromatic nitrogens is 2. The molecule has 0 aliphatic rings. The van der Waals surface area contributed by atoms with Crippen LogP contribution in [0.5, 0.6) is 11.5 Å². The van der Waals surface area contributed by atoms with Gasteiger partial charge in [-0.1, -0.05) is 0 Å². The van der Waals surface area contributed by atoms with Crippen molar-refractivity contribution in [2.24, 2.45) is 5.73 Å². The van der Waals surface area contributed by atoms with Gasteiger partial charge in [0.1, 0.15) is 17.1 Å². The van der Waals surface area contributed by atoms with Crippen LogP contribution in [0.3, 0.4) is 0 Å². The summed E-state index contributed by atoms with van der Waals surface area (Å²) in [6, 6.07) is 3.18. The Morgan fingerprint density at radius 1 is 1.07 bits per heavy atom. The van der Waals surface area contributed by atoms with Crippen LogP contribution in [0.2, 0.25) is 0 Å². The van der Waals surface area contributed by atoms with E-state index in [1.165, 1.54) is 0 Å². The lowest BCUT2D eigenvalue weighted by Crippen LogP contribution is -2.26. The minimum Gasteiger partial charge on any atom is -0.495 e. The number of carbonyl (C=O) groups excluding carboxylic acids is 1. The molecule has 0 aliphatic carbocycles. The van der Waals surface area contributed by atoms with Crippen LogP contribution in [-0.2, 0) is 9.53 Å². The normalized spacial score (nSPS) is 11.7. The second kappa shape index (κ2) is 10.8. The number of hydrogen-bond acceptors (Lipinski definition) is 7. The van der Waals surface area contributed by atoms with Crippen LogP contribution < -0.4 is 15.2 Å². The SMILES string of the molecule is COc1cncc(Br)c1.COc1cncc([C@@H](N)CC(=O)OC(C)(C)C)c1. The van der Waals surface area contributed by atoms with Crippen molar-refractivity contribution in [2.75, 3.05) is 14.2 Å². The summed E-state index contributed by atoms with van der Waals surface area (Å²) in [7, 11) is 3.17. The van der Waals surface area contributed by atoms with Crippen molar-refractivity contribution in [1.29, 1.82) is 0 Å². The molecule has 2 aromatic heterocycles. The van der Waals surface area contributed by atoms with E-state index in [1.54, 1.807) is 45.1 Å². The Hall–Kier alpha value is -2.19. The molecule has 2 heterocycles. The Kier molecular flexibility index (Phi) is 9.17. The van der Waals surface area contributed by atoms with Gasteiger partial charge in [0, 0.05) is 22.9 Å². The predicted octanol–water partition coefficient (Wildman–Crippen LogP) is 3.67. The molecule has 148 valence electrons. The second-order valence-electron chi connectivity index (χ2n) is 6.60. The maximum Gasteiger partial charge on any atom is 0.308 e. The van der Waals surface area contributed by atoms with E-state index in [0.717, 1.165) is 15.8 Å². The first-order valence-corrected chi connectivity index (χ1v) is 9.05. The summed E-state index contributed by atoms with van der Waals surface area (Å²) in [4.78, 5) is 19.5. The molecule has 0 amide bonds. The Labute approximate surface area is 168 Å². The summed E-state index contributed by atoms with van der Waals surface area (Å²) in [6.07, 6.45) is 6.70. The van der Waals surface area contributed by atoms with Gasteiger partial charge in [-0.15, -0.1) is 0 Å². The smallest absolute Gasteiger partial charge is 0.308 e. The third kappa shape index (κ3) is 9.35. The first kappa shape index (κ1) is 22.9. The maximum atomic E-state index is 11.6. The van der Waals surface area contributed by atoms with Crippen LogP contribution in [0.4, 0.5) is 0 Å². The summed E-state index contributed by atoms with van der Waals surface area (Å²) in [5, 5.41) is 0. The fourth-order valence-corrected chi connectivity index (χ4v) is 2.28. The zero-order valence-corrected chi connectivity index (χ0v) is 17.8. The molecule has 1 atom stereocenters. The van der Waals surface area contributed by atoms with Gasteiger partial charge < -0.3 is 19.9 Å². The van der Waals surface area contributed by atoms with Crippen molar-refractivity contribution in [3.63, 3.8) is 0 Å². The molecule has 7 nitrogen and oxygen atoms in total. The number of ether oxygens (including phenoxy) is 3. The highest BCUT2D eigenvalue weighted by molar-refractivity contribution is 9.10. The molecule has 0 fully saturated rings. The van der Waals surface area contributed by atoms with Gasteiger partial charge in [0.05, 0.1) is 33.0 Å². The first-order valence-electron chi connectivity index (χ1n) is 8.25. The number of methoxy groups -OCH3 is 2. The highest BCUT2D eigenvalue weighted by Crippen LogP contribution is 2.20. The van der Waals surface area contributed by atoms with Gasteiger partial charge in [-0.2, -0.15) is 0 Å². The minimum atomic E-state index is -0.497. The molecular formula is C19H26BrN3O4. The average molecular weight is 440 g/mol. The summed E-state index contributed by atoms with van der Waals surface area (Å²) in [5.74, 6) is 1.06. The van der Waals surface area contributed by atoms with E-state index >= 15 is 0 Å². The molecule has 0 aromatic carbocycles. The van der Waals surface area contributed by atoms with Gasteiger partial charge in [-0.3, -0.25) is 14.8 Å². The number of halogens is 1. The van der Waals surface area contributed by atoms with Gasteiger partial charge in [0.2, 0.25) is 0 Å². The lowest BCUT2D eigenvalue weighted by atomic mass is 10.1. The first-order chi connectivity index (χ1) is 12.6. The Bertz CT molecular complexity index is 735. The molecule has 8 heteroatoms. The number of rotatable bonds is 5. The third-order valence-corrected chi connectivity index (χ3v) is 3.55. The third-order valence-electron chi connectivity index (χ3n) is 3.12. The maximum absolute atomic E-state index is 11.6. The van der Waals surface area contributed by atoms with E-state index in [4.69, 9.17) is 19.9 Å². The number of pyridine rings is 2. The van der Waals surface area contributed by atoms with Crippen LogP contribution in [0.1, 0.15) is 38.8 Å². The van der Waals surface area contributed by atoms with Crippen LogP contribution in [0, 0.1) is 0 Å². The van der Waals surface area contributed by atoms with Crippen LogP contribution in [0.15, 0.2) is 41.4 Å². The predicted molar refractivity (Wildman–Crippen MR) is 107 cm³/mol. The molecule has 0 bridgehead atoms. The van der Waals surface area contributed by atoms with Crippen molar-refractivity contribution < 1.29 is 19.0 Å². The molecule has 0 spiro atoms. The molecule has 0 saturated heterocycles. The van der Waals surface area contributed by atoms with Gasteiger partial charge in [-0.05, 0) is 54.4 Å². The van der Waals surface area contributed by atoms with E-state index in [1.807, 2.05) is 26.8 Å². The summed E-state index contributed by atoms with van der Waals surface area (Å²) in [6.45, 7) is 5.47. The van der Waals surface area contributed by atoms with Gasteiger partial charge in [0.15, 0.2) is 0 Å². The van der Waals surface area contributed by atoms with E-state index in [-0.39, 0.29) is 12.4 Å². The van der Waals surface area contributed by atoms with E-state index in [2.05, 4.69) is 25.9 Å².